The Bertz CT molecular complexity index is 798. The molecule has 0 bridgehead atoms. The van der Waals surface area contributed by atoms with Crippen LogP contribution >= 0.6 is 19.7 Å². The molecule has 2 rings (SSSR count). The topological polar surface area (TPSA) is 54.0 Å². The first-order chi connectivity index (χ1) is 14.0. The molecule has 0 saturated carbocycles. The van der Waals surface area contributed by atoms with Crippen molar-refractivity contribution in [2.45, 2.75) is 27.7 Å². The molecule has 0 aromatic heterocycles. The van der Waals surface area contributed by atoms with Crippen LogP contribution in [0.15, 0.2) is 36.4 Å². The fourth-order valence-electron chi connectivity index (χ4n) is 2.76. The van der Waals surface area contributed by atoms with Crippen LogP contribution in [-0.2, 0) is 9.26 Å². The van der Waals surface area contributed by atoms with Gasteiger partial charge >= 0.3 is 0 Å². The summed E-state index contributed by atoms with van der Waals surface area (Å²) in [5.41, 5.74) is 1.14. The third-order valence-electron chi connectivity index (χ3n) is 4.03. The van der Waals surface area contributed by atoms with E-state index in [-0.39, 0.29) is 24.4 Å². The van der Waals surface area contributed by atoms with Crippen LogP contribution in [0.3, 0.4) is 0 Å². The third kappa shape index (κ3) is 7.27. The second-order valence-corrected chi connectivity index (χ2v) is 8.20. The molecule has 2 aromatic carbocycles. The van der Waals surface area contributed by atoms with Gasteiger partial charge < -0.3 is 18.7 Å². The summed E-state index contributed by atoms with van der Waals surface area (Å²) in [5.74, 6) is 1.27. The molecule has 0 heterocycles. The minimum Gasteiger partial charge on any atom is -0.494 e. The molecule has 0 aliphatic heterocycles. The van der Waals surface area contributed by atoms with Crippen LogP contribution in [0.5, 0.6) is 11.5 Å². The van der Waals surface area contributed by atoms with Crippen molar-refractivity contribution in [1.29, 1.82) is 0 Å². The van der Waals surface area contributed by atoms with Crippen LogP contribution in [0.25, 0.3) is 0 Å². The summed E-state index contributed by atoms with van der Waals surface area (Å²) in [5, 5.41) is 1.12. The summed E-state index contributed by atoms with van der Waals surface area (Å²) >= 11 is 6.37. The maximum absolute atomic E-state index is 13.5. The number of carbonyl (C=O) groups excluding carboxylic acids is 1. The van der Waals surface area contributed by atoms with E-state index >= 15 is 0 Å². The molecule has 0 fully saturated rings. The first-order valence-corrected chi connectivity index (χ1v) is 11.4. The SMILES string of the molecule is CCOCCOP(C(=O)c1c(C)cccc1Cl)c1ccc(OCC)cc1OCC.[Li]. The van der Waals surface area contributed by atoms with Gasteiger partial charge in [-0.15, -0.1) is 0 Å². The molecule has 2 aromatic rings. The van der Waals surface area contributed by atoms with Crippen molar-refractivity contribution >= 4 is 49.4 Å². The Morgan fingerprint density at radius 1 is 1.00 bits per heavy atom. The van der Waals surface area contributed by atoms with E-state index < -0.39 is 8.15 Å². The maximum Gasteiger partial charge on any atom is 0.218 e. The van der Waals surface area contributed by atoms with Crippen LogP contribution < -0.4 is 14.8 Å². The summed E-state index contributed by atoms with van der Waals surface area (Å²) in [7, 11) is -1.68. The first kappa shape index (κ1) is 27.0. The quantitative estimate of drug-likeness (QED) is 0.262. The molecular weight excluding hydrogens is 418 g/mol. The van der Waals surface area contributed by atoms with Gasteiger partial charge in [-0.05, 0) is 51.5 Å². The maximum atomic E-state index is 13.5. The van der Waals surface area contributed by atoms with E-state index in [1.807, 2.05) is 52.0 Å². The Hall–Kier alpha value is -1.05. The predicted molar refractivity (Wildman–Crippen MR) is 124 cm³/mol. The largest absolute Gasteiger partial charge is 0.494 e. The van der Waals surface area contributed by atoms with Crippen molar-refractivity contribution in [3.05, 3.63) is 52.5 Å². The van der Waals surface area contributed by atoms with Crippen LogP contribution in [0, 0.1) is 6.92 Å². The number of carbonyl (C=O) groups is 1. The molecule has 0 saturated heterocycles. The van der Waals surface area contributed by atoms with Gasteiger partial charge in [-0.2, -0.15) is 0 Å². The molecule has 0 spiro atoms. The molecule has 0 aliphatic carbocycles. The van der Waals surface area contributed by atoms with Crippen LogP contribution in [-0.4, -0.2) is 57.4 Å². The van der Waals surface area contributed by atoms with Crippen LogP contribution in [0.2, 0.25) is 5.02 Å². The van der Waals surface area contributed by atoms with Gasteiger partial charge in [0.1, 0.15) is 19.6 Å². The van der Waals surface area contributed by atoms with Gasteiger partial charge in [0.15, 0.2) is 0 Å². The molecule has 1 unspecified atom stereocenters. The Morgan fingerprint density at radius 2 is 1.73 bits per heavy atom. The van der Waals surface area contributed by atoms with Gasteiger partial charge in [0.2, 0.25) is 5.52 Å². The zero-order valence-corrected chi connectivity index (χ0v) is 20.0. The van der Waals surface area contributed by atoms with Gasteiger partial charge in [0, 0.05) is 37.1 Å². The van der Waals surface area contributed by atoms with Gasteiger partial charge in [-0.3, -0.25) is 4.79 Å². The normalized spacial score (nSPS) is 11.5. The fourth-order valence-corrected chi connectivity index (χ4v) is 4.91. The van der Waals surface area contributed by atoms with Crippen molar-refractivity contribution in [3.8, 4) is 11.5 Å². The van der Waals surface area contributed by atoms with Crippen molar-refractivity contribution < 1.29 is 23.5 Å². The monoisotopic (exact) mass is 445 g/mol. The van der Waals surface area contributed by atoms with E-state index in [9.17, 15) is 4.79 Å². The van der Waals surface area contributed by atoms with Crippen molar-refractivity contribution in [2.24, 2.45) is 0 Å². The van der Waals surface area contributed by atoms with E-state index in [1.54, 1.807) is 12.1 Å². The minimum absolute atomic E-state index is 0. The minimum atomic E-state index is -1.68. The molecule has 1 atom stereocenters. The molecule has 30 heavy (non-hydrogen) atoms. The van der Waals surface area contributed by atoms with Gasteiger partial charge in [0.25, 0.3) is 0 Å². The van der Waals surface area contributed by atoms with E-state index in [2.05, 4.69) is 0 Å². The number of hydrogen-bond acceptors (Lipinski definition) is 5. The van der Waals surface area contributed by atoms with Crippen LogP contribution in [0.4, 0.5) is 0 Å². The smallest absolute Gasteiger partial charge is 0.218 e. The molecule has 1 radical (unpaired) electrons. The number of hydrogen-bond donors (Lipinski definition) is 0. The number of rotatable bonds is 12. The summed E-state index contributed by atoms with van der Waals surface area (Å²) < 4.78 is 22.8. The zero-order chi connectivity index (χ0) is 21.2. The summed E-state index contributed by atoms with van der Waals surface area (Å²) in [6, 6.07) is 10.9. The van der Waals surface area contributed by atoms with Crippen molar-refractivity contribution in [3.63, 3.8) is 0 Å². The average Bonchev–Trinajstić information content (AvgIpc) is 2.69. The Kier molecular flexibility index (Phi) is 12.7. The third-order valence-corrected chi connectivity index (χ3v) is 6.19. The summed E-state index contributed by atoms with van der Waals surface area (Å²) in [6.45, 7) is 9.91. The molecule has 5 nitrogen and oxygen atoms in total. The second kappa shape index (κ2) is 14.1. The Labute approximate surface area is 197 Å². The van der Waals surface area contributed by atoms with E-state index in [1.165, 1.54) is 0 Å². The first-order valence-electron chi connectivity index (χ1n) is 9.73. The van der Waals surface area contributed by atoms with Crippen molar-refractivity contribution in [1.82, 2.24) is 0 Å². The molecule has 159 valence electrons. The van der Waals surface area contributed by atoms with Gasteiger partial charge in [-0.1, -0.05) is 23.7 Å². The number of benzene rings is 2. The average molecular weight is 446 g/mol. The molecule has 0 aliphatic rings. The number of ether oxygens (including phenoxy) is 3. The summed E-state index contributed by atoms with van der Waals surface area (Å²) in [4.78, 5) is 13.5. The van der Waals surface area contributed by atoms with E-state index in [0.29, 0.717) is 60.4 Å². The number of aryl methyl sites for hydroxylation is 1. The van der Waals surface area contributed by atoms with Gasteiger partial charge in [-0.25, -0.2) is 0 Å². The Balaban J connectivity index is 0.00000450. The standard InChI is InChI=1S/C22H28ClO5P.Li/c1-5-25-13-14-28-29(22(24)21-16(4)9-8-10-18(21)23)20-12-11-17(26-6-2)15-19(20)27-7-3;/h8-12,15H,5-7,13-14H2,1-4H3;. The van der Waals surface area contributed by atoms with Crippen molar-refractivity contribution in [2.75, 3.05) is 33.0 Å². The van der Waals surface area contributed by atoms with Gasteiger partial charge in [0.05, 0.1) is 36.8 Å². The number of halogens is 1. The molecular formula is C22H28ClLiO5P. The Morgan fingerprint density at radius 3 is 2.37 bits per heavy atom. The fraction of sp³-hybridized carbons (Fsp3) is 0.409. The zero-order valence-electron chi connectivity index (χ0n) is 18.4. The molecule has 0 amide bonds. The van der Waals surface area contributed by atoms with E-state index in [4.69, 9.17) is 30.3 Å². The molecule has 0 N–H and O–H groups in total. The van der Waals surface area contributed by atoms with Crippen LogP contribution in [0.1, 0.15) is 36.7 Å². The molecule has 8 heteroatoms. The van der Waals surface area contributed by atoms with E-state index in [0.717, 1.165) is 5.56 Å². The predicted octanol–water partition coefficient (Wildman–Crippen LogP) is 4.98. The second-order valence-electron chi connectivity index (χ2n) is 6.06. The summed E-state index contributed by atoms with van der Waals surface area (Å²) in [6.07, 6.45) is 0.